The van der Waals surface area contributed by atoms with Crippen molar-refractivity contribution < 1.29 is 19.1 Å². The smallest absolute Gasteiger partial charge is 0.407 e. The molecule has 1 saturated heterocycles. The third kappa shape index (κ3) is 5.44. The highest BCUT2D eigenvalue weighted by molar-refractivity contribution is 6.04. The van der Waals surface area contributed by atoms with E-state index in [0.717, 1.165) is 11.1 Å². The van der Waals surface area contributed by atoms with Crippen molar-refractivity contribution in [1.29, 1.82) is 0 Å². The number of aryl methyl sites for hydroxylation is 1. The number of amides is 2. The molecule has 1 fully saturated rings. The molecule has 1 aliphatic rings. The van der Waals surface area contributed by atoms with Crippen molar-refractivity contribution in [3.8, 4) is 0 Å². The molecule has 1 aliphatic heterocycles. The summed E-state index contributed by atoms with van der Waals surface area (Å²) in [4.78, 5) is 38.6. The van der Waals surface area contributed by atoms with Crippen LogP contribution in [0.3, 0.4) is 0 Å². The Morgan fingerprint density at radius 1 is 1.10 bits per heavy atom. The molecule has 2 aromatic carbocycles. The quantitative estimate of drug-likeness (QED) is 0.549. The van der Waals surface area contributed by atoms with Gasteiger partial charge in [-0.05, 0) is 30.9 Å². The van der Waals surface area contributed by atoms with Crippen molar-refractivity contribution in [2.75, 3.05) is 13.1 Å². The Balaban J connectivity index is 1.45. The summed E-state index contributed by atoms with van der Waals surface area (Å²) >= 11 is 0. The first-order valence-corrected chi connectivity index (χ1v) is 9.90. The molecule has 2 aromatic rings. The molecule has 6 nitrogen and oxygen atoms in total. The zero-order valence-electron chi connectivity index (χ0n) is 16.6. The van der Waals surface area contributed by atoms with E-state index in [4.69, 9.17) is 4.74 Å². The van der Waals surface area contributed by atoms with E-state index < -0.39 is 12.1 Å². The Bertz CT molecular complexity index is 866. The van der Waals surface area contributed by atoms with E-state index in [0.29, 0.717) is 37.9 Å². The molecule has 1 N–H and O–H groups in total. The van der Waals surface area contributed by atoms with Gasteiger partial charge in [0.15, 0.2) is 5.78 Å². The number of likely N-dealkylation sites (tertiary alicyclic amines) is 1. The molecular formula is C23H26N2O4. The molecule has 0 bridgehead atoms. The minimum atomic E-state index is -0.492. The van der Waals surface area contributed by atoms with Gasteiger partial charge in [0, 0.05) is 25.1 Å². The van der Waals surface area contributed by atoms with E-state index in [1.54, 1.807) is 4.90 Å². The van der Waals surface area contributed by atoms with Gasteiger partial charge in [0.2, 0.25) is 5.91 Å². The predicted octanol–water partition coefficient (Wildman–Crippen LogP) is 3.49. The number of ether oxygens (including phenoxy) is 1. The second-order valence-electron chi connectivity index (χ2n) is 7.16. The van der Waals surface area contributed by atoms with Crippen molar-refractivity contribution >= 4 is 17.8 Å². The van der Waals surface area contributed by atoms with Crippen LogP contribution in [0.4, 0.5) is 4.79 Å². The van der Waals surface area contributed by atoms with Crippen LogP contribution in [0.5, 0.6) is 0 Å². The zero-order chi connectivity index (χ0) is 20.6. The topological polar surface area (TPSA) is 75.7 Å². The highest BCUT2D eigenvalue weighted by Crippen LogP contribution is 2.23. The molecule has 0 saturated carbocycles. The molecule has 0 spiro atoms. The summed E-state index contributed by atoms with van der Waals surface area (Å²) in [6.07, 6.45) is 0.992. The molecular weight excluding hydrogens is 368 g/mol. The molecule has 1 heterocycles. The summed E-state index contributed by atoms with van der Waals surface area (Å²) in [5.41, 5.74) is 2.50. The van der Waals surface area contributed by atoms with Crippen LogP contribution >= 0.6 is 0 Å². The van der Waals surface area contributed by atoms with E-state index in [1.165, 1.54) is 0 Å². The first-order chi connectivity index (χ1) is 14.1. The highest BCUT2D eigenvalue weighted by Gasteiger charge is 2.36. The maximum absolute atomic E-state index is 12.9. The number of benzene rings is 2. The number of carbonyl (C=O) groups is 3. The lowest BCUT2D eigenvalue weighted by Crippen LogP contribution is -2.40. The van der Waals surface area contributed by atoms with Gasteiger partial charge >= 0.3 is 6.09 Å². The Labute approximate surface area is 170 Å². The number of alkyl carbamates (subject to hydrolysis) is 1. The Morgan fingerprint density at radius 2 is 1.83 bits per heavy atom. The molecule has 29 heavy (non-hydrogen) atoms. The van der Waals surface area contributed by atoms with Crippen LogP contribution in [-0.2, 0) is 16.1 Å². The number of Topliss-reactive ketones (excluding diaryl/α,β-unsaturated/α-hetero) is 1. The molecule has 1 atom stereocenters. The number of hydrogen-bond donors (Lipinski definition) is 1. The summed E-state index contributed by atoms with van der Waals surface area (Å²) in [7, 11) is 0. The third-order valence-electron chi connectivity index (χ3n) is 5.10. The number of ketones is 1. The molecule has 0 aliphatic carbocycles. The fraction of sp³-hybridized carbons (Fsp3) is 0.348. The lowest BCUT2D eigenvalue weighted by Gasteiger charge is -2.24. The van der Waals surface area contributed by atoms with Gasteiger partial charge in [-0.25, -0.2) is 4.79 Å². The summed E-state index contributed by atoms with van der Waals surface area (Å²) in [6.45, 7) is 2.92. The van der Waals surface area contributed by atoms with E-state index in [2.05, 4.69) is 5.32 Å². The summed E-state index contributed by atoms with van der Waals surface area (Å²) in [5, 5.41) is 2.69. The maximum Gasteiger partial charge on any atom is 0.407 e. The normalized spacial score (nSPS) is 16.0. The standard InChI is InChI=1S/C23H26N2O4/c1-17-8-5-6-11-19(17)22(27)20-12-13-21(26)25(20)15-7-14-24-23(28)29-16-18-9-3-2-4-10-18/h2-6,8-11,20H,7,12-16H2,1H3,(H,24,28). The van der Waals surface area contributed by atoms with E-state index >= 15 is 0 Å². The summed E-state index contributed by atoms with van der Waals surface area (Å²) < 4.78 is 5.17. The third-order valence-corrected chi connectivity index (χ3v) is 5.10. The van der Waals surface area contributed by atoms with Crippen LogP contribution in [0.25, 0.3) is 0 Å². The molecule has 152 valence electrons. The number of hydrogen-bond acceptors (Lipinski definition) is 4. The summed E-state index contributed by atoms with van der Waals surface area (Å²) in [6, 6.07) is 16.5. The van der Waals surface area contributed by atoms with Crippen molar-refractivity contribution in [3.05, 3.63) is 71.3 Å². The van der Waals surface area contributed by atoms with Crippen molar-refractivity contribution in [2.45, 2.75) is 38.8 Å². The van der Waals surface area contributed by atoms with Gasteiger partial charge in [0.1, 0.15) is 6.61 Å². The monoisotopic (exact) mass is 394 g/mol. The molecule has 0 aromatic heterocycles. The Kier molecular flexibility index (Phi) is 7.00. The van der Waals surface area contributed by atoms with E-state index in [1.807, 2.05) is 61.5 Å². The average Bonchev–Trinajstić information content (AvgIpc) is 3.10. The minimum Gasteiger partial charge on any atom is -0.445 e. The fourth-order valence-corrected chi connectivity index (χ4v) is 3.53. The van der Waals surface area contributed by atoms with Crippen molar-refractivity contribution in [2.24, 2.45) is 0 Å². The van der Waals surface area contributed by atoms with Crippen LogP contribution in [0, 0.1) is 6.92 Å². The van der Waals surface area contributed by atoms with Gasteiger partial charge in [-0.15, -0.1) is 0 Å². The first-order valence-electron chi connectivity index (χ1n) is 9.90. The van der Waals surface area contributed by atoms with Crippen molar-refractivity contribution in [3.63, 3.8) is 0 Å². The molecule has 0 radical (unpaired) electrons. The van der Waals surface area contributed by atoms with Crippen molar-refractivity contribution in [1.82, 2.24) is 10.2 Å². The van der Waals surface area contributed by atoms with Crippen LogP contribution in [0.15, 0.2) is 54.6 Å². The lowest BCUT2D eigenvalue weighted by atomic mass is 9.98. The van der Waals surface area contributed by atoms with Gasteiger partial charge in [-0.3, -0.25) is 9.59 Å². The second-order valence-corrected chi connectivity index (χ2v) is 7.16. The van der Waals surface area contributed by atoms with Crippen LogP contribution < -0.4 is 5.32 Å². The van der Waals surface area contributed by atoms with Crippen LogP contribution in [0.2, 0.25) is 0 Å². The van der Waals surface area contributed by atoms with Crippen LogP contribution in [-0.4, -0.2) is 41.8 Å². The first kappa shape index (κ1) is 20.6. The number of nitrogens with zero attached hydrogens (tertiary/aromatic N) is 1. The van der Waals surface area contributed by atoms with E-state index in [9.17, 15) is 14.4 Å². The zero-order valence-corrected chi connectivity index (χ0v) is 16.6. The highest BCUT2D eigenvalue weighted by atomic mass is 16.5. The summed E-state index contributed by atoms with van der Waals surface area (Å²) in [5.74, 6) is -0.0206. The number of carbonyl (C=O) groups excluding carboxylic acids is 3. The number of rotatable bonds is 8. The molecule has 6 heteroatoms. The maximum atomic E-state index is 12.9. The minimum absolute atomic E-state index is 0.0100. The van der Waals surface area contributed by atoms with Gasteiger partial charge in [-0.2, -0.15) is 0 Å². The molecule has 2 amide bonds. The van der Waals surface area contributed by atoms with E-state index in [-0.39, 0.29) is 18.3 Å². The lowest BCUT2D eigenvalue weighted by molar-refractivity contribution is -0.128. The van der Waals surface area contributed by atoms with Gasteiger partial charge in [0.05, 0.1) is 6.04 Å². The number of nitrogens with one attached hydrogen (secondary N) is 1. The Hall–Kier alpha value is -3.15. The molecule has 3 rings (SSSR count). The predicted molar refractivity (Wildman–Crippen MR) is 109 cm³/mol. The van der Waals surface area contributed by atoms with Gasteiger partial charge in [-0.1, -0.05) is 54.6 Å². The largest absolute Gasteiger partial charge is 0.445 e. The van der Waals surface area contributed by atoms with Crippen LogP contribution in [0.1, 0.15) is 40.7 Å². The SMILES string of the molecule is Cc1ccccc1C(=O)C1CCC(=O)N1CCCNC(=O)OCc1ccccc1. The van der Waals surface area contributed by atoms with Gasteiger partial charge in [0.25, 0.3) is 0 Å². The van der Waals surface area contributed by atoms with Gasteiger partial charge < -0.3 is 15.0 Å². The fourth-order valence-electron chi connectivity index (χ4n) is 3.53. The Morgan fingerprint density at radius 3 is 2.59 bits per heavy atom. The second kappa shape index (κ2) is 9.87. The molecule has 1 unspecified atom stereocenters. The average molecular weight is 394 g/mol.